The summed E-state index contributed by atoms with van der Waals surface area (Å²) in [6.07, 6.45) is 6.52. The Kier molecular flexibility index (Phi) is 7.99. The Labute approximate surface area is 188 Å². The molecule has 0 radical (unpaired) electrons. The number of benzene rings is 1. The van der Waals surface area contributed by atoms with Crippen molar-refractivity contribution < 1.29 is 23.9 Å². The molecule has 1 saturated heterocycles. The van der Waals surface area contributed by atoms with E-state index in [2.05, 4.69) is 51.1 Å². The predicted molar refractivity (Wildman–Crippen MR) is 120 cm³/mol. The summed E-state index contributed by atoms with van der Waals surface area (Å²) in [7, 11) is 0. The van der Waals surface area contributed by atoms with E-state index in [1.54, 1.807) is 19.9 Å². The van der Waals surface area contributed by atoms with Gasteiger partial charge in [0, 0.05) is 0 Å². The maximum atomic E-state index is 12.5. The van der Waals surface area contributed by atoms with Crippen molar-refractivity contribution in [3.8, 4) is 18.1 Å². The van der Waals surface area contributed by atoms with Crippen LogP contribution in [-0.4, -0.2) is 41.3 Å². The van der Waals surface area contributed by atoms with Crippen LogP contribution in [0.15, 0.2) is 17.0 Å². The van der Waals surface area contributed by atoms with Crippen LogP contribution < -0.4 is 4.74 Å². The third kappa shape index (κ3) is 5.86. The van der Waals surface area contributed by atoms with Crippen molar-refractivity contribution in [3.63, 3.8) is 0 Å². The molecule has 1 aliphatic heterocycles. The summed E-state index contributed by atoms with van der Waals surface area (Å²) in [4.78, 5) is 37.5. The molecule has 0 spiro atoms. The van der Waals surface area contributed by atoms with Gasteiger partial charge in [0.1, 0.15) is 18.9 Å². The molecular formula is C18H15I2NO5S. The second-order valence-corrected chi connectivity index (χ2v) is 8.93. The highest BCUT2D eigenvalue weighted by Gasteiger charge is 2.36. The van der Waals surface area contributed by atoms with Crippen molar-refractivity contribution in [3.05, 3.63) is 29.7 Å². The van der Waals surface area contributed by atoms with Gasteiger partial charge in [-0.1, -0.05) is 5.92 Å². The maximum Gasteiger partial charge on any atom is 0.326 e. The molecule has 142 valence electrons. The summed E-state index contributed by atoms with van der Waals surface area (Å²) >= 11 is 5.04. The Hall–Kier alpha value is -1.26. The molecule has 1 fully saturated rings. The molecule has 0 bridgehead atoms. The Morgan fingerprint density at radius 2 is 1.96 bits per heavy atom. The highest BCUT2D eigenvalue weighted by atomic mass is 127. The number of esters is 1. The molecule has 9 heteroatoms. The van der Waals surface area contributed by atoms with Crippen molar-refractivity contribution in [1.82, 2.24) is 4.90 Å². The molecular weight excluding hydrogens is 596 g/mol. The maximum absolute atomic E-state index is 12.5. The normalized spacial score (nSPS) is 15.4. The zero-order chi connectivity index (χ0) is 20.1. The molecule has 1 aliphatic rings. The van der Waals surface area contributed by atoms with E-state index < -0.39 is 23.7 Å². The standard InChI is InChI=1S/C18H15I2NO5S/c1-4-5-25-16-12(19)6-11(7-13(16)20)8-14-17(23)21(18(24)27-14)9-15(22)26-10(2)3/h1,6-8,10H,5,9H2,2-3H3/b14-8-. The zero-order valence-corrected chi connectivity index (χ0v) is 19.6. The topological polar surface area (TPSA) is 72.9 Å². The highest BCUT2D eigenvalue weighted by Crippen LogP contribution is 2.34. The van der Waals surface area contributed by atoms with Crippen molar-refractivity contribution in [2.75, 3.05) is 13.2 Å². The number of hydrogen-bond donors (Lipinski definition) is 0. The lowest BCUT2D eigenvalue weighted by atomic mass is 10.2. The third-order valence-corrected chi connectivity index (χ3v) is 5.66. The van der Waals surface area contributed by atoms with Gasteiger partial charge in [0.05, 0.1) is 18.1 Å². The van der Waals surface area contributed by atoms with Gasteiger partial charge in [-0.3, -0.25) is 19.3 Å². The lowest BCUT2D eigenvalue weighted by Crippen LogP contribution is -2.35. The van der Waals surface area contributed by atoms with Crippen LogP contribution in [0.5, 0.6) is 5.75 Å². The smallest absolute Gasteiger partial charge is 0.326 e. The Bertz CT molecular complexity index is 837. The van der Waals surface area contributed by atoms with Gasteiger partial charge >= 0.3 is 5.97 Å². The zero-order valence-electron chi connectivity index (χ0n) is 14.5. The minimum Gasteiger partial charge on any atom is -0.479 e. The molecule has 1 heterocycles. The minimum absolute atomic E-state index is 0.163. The first kappa shape index (κ1) is 22.0. The Balaban J connectivity index is 2.20. The quantitative estimate of drug-likeness (QED) is 0.211. The second kappa shape index (κ2) is 9.79. The van der Waals surface area contributed by atoms with E-state index in [4.69, 9.17) is 15.9 Å². The molecule has 0 aromatic heterocycles. The molecule has 0 saturated carbocycles. The van der Waals surface area contributed by atoms with Gasteiger partial charge in [-0.15, -0.1) is 6.42 Å². The van der Waals surface area contributed by atoms with Crippen molar-refractivity contribution in [2.24, 2.45) is 0 Å². The van der Waals surface area contributed by atoms with E-state index in [0.29, 0.717) is 5.75 Å². The third-order valence-electron chi connectivity index (χ3n) is 3.15. The van der Waals surface area contributed by atoms with Crippen LogP contribution in [0.4, 0.5) is 4.79 Å². The molecule has 1 aromatic rings. The van der Waals surface area contributed by atoms with E-state index in [-0.39, 0.29) is 17.6 Å². The summed E-state index contributed by atoms with van der Waals surface area (Å²) < 4.78 is 12.2. The number of ether oxygens (including phenoxy) is 2. The predicted octanol–water partition coefficient (Wildman–Crippen LogP) is 3.90. The summed E-state index contributed by atoms with van der Waals surface area (Å²) in [6, 6.07) is 3.66. The van der Waals surface area contributed by atoms with E-state index in [1.807, 2.05) is 12.1 Å². The summed E-state index contributed by atoms with van der Waals surface area (Å²) in [5.74, 6) is 1.97. The van der Waals surface area contributed by atoms with Gasteiger partial charge in [-0.05, 0) is 94.6 Å². The number of carbonyl (C=O) groups is 3. The number of imide groups is 1. The Morgan fingerprint density at radius 1 is 1.33 bits per heavy atom. The number of thioether (sulfide) groups is 1. The molecule has 0 aliphatic carbocycles. The van der Waals surface area contributed by atoms with Gasteiger partial charge in [-0.2, -0.15) is 0 Å². The first-order chi connectivity index (χ1) is 12.7. The molecule has 2 amide bonds. The number of terminal acetylenes is 1. The molecule has 0 atom stereocenters. The van der Waals surface area contributed by atoms with Crippen LogP contribution in [0.1, 0.15) is 19.4 Å². The number of rotatable bonds is 6. The average Bonchev–Trinajstić information content (AvgIpc) is 2.81. The molecule has 2 rings (SSSR count). The van der Waals surface area contributed by atoms with Crippen molar-refractivity contribution in [1.29, 1.82) is 0 Å². The first-order valence-electron chi connectivity index (χ1n) is 7.73. The first-order valence-corrected chi connectivity index (χ1v) is 10.7. The van der Waals surface area contributed by atoms with Crippen molar-refractivity contribution >= 4 is 80.1 Å². The van der Waals surface area contributed by atoms with Gasteiger partial charge in [0.15, 0.2) is 0 Å². The van der Waals surface area contributed by atoms with E-state index >= 15 is 0 Å². The molecule has 0 N–H and O–H groups in total. The van der Waals surface area contributed by atoms with E-state index in [1.165, 1.54) is 0 Å². The fraction of sp³-hybridized carbons (Fsp3) is 0.278. The summed E-state index contributed by atoms with van der Waals surface area (Å²) in [5, 5.41) is -0.495. The number of halogens is 2. The van der Waals surface area contributed by atoms with Crippen LogP contribution in [0.2, 0.25) is 0 Å². The van der Waals surface area contributed by atoms with Gasteiger partial charge in [0.25, 0.3) is 11.1 Å². The van der Waals surface area contributed by atoms with Crippen LogP contribution in [-0.2, 0) is 14.3 Å². The molecule has 1 aromatic carbocycles. The minimum atomic E-state index is -0.618. The van der Waals surface area contributed by atoms with Crippen LogP contribution in [0.3, 0.4) is 0 Å². The van der Waals surface area contributed by atoms with Gasteiger partial charge < -0.3 is 9.47 Å². The molecule has 27 heavy (non-hydrogen) atoms. The monoisotopic (exact) mass is 611 g/mol. The fourth-order valence-electron chi connectivity index (χ4n) is 2.13. The summed E-state index contributed by atoms with van der Waals surface area (Å²) in [6.45, 7) is 3.17. The summed E-state index contributed by atoms with van der Waals surface area (Å²) in [5.41, 5.74) is 0.743. The van der Waals surface area contributed by atoms with E-state index in [9.17, 15) is 14.4 Å². The van der Waals surface area contributed by atoms with Crippen LogP contribution >= 0.6 is 56.9 Å². The van der Waals surface area contributed by atoms with E-state index in [0.717, 1.165) is 29.4 Å². The molecule has 6 nitrogen and oxygen atoms in total. The fourth-order valence-corrected chi connectivity index (χ4v) is 5.10. The highest BCUT2D eigenvalue weighted by molar-refractivity contribution is 14.1. The van der Waals surface area contributed by atoms with Gasteiger partial charge in [-0.25, -0.2) is 0 Å². The molecule has 0 unspecified atom stereocenters. The second-order valence-electron chi connectivity index (χ2n) is 5.61. The lowest BCUT2D eigenvalue weighted by Gasteiger charge is -2.13. The van der Waals surface area contributed by atoms with Crippen LogP contribution in [0.25, 0.3) is 6.08 Å². The largest absolute Gasteiger partial charge is 0.479 e. The Morgan fingerprint density at radius 3 is 2.52 bits per heavy atom. The SMILES string of the molecule is C#CCOc1c(I)cc(/C=C2\SC(=O)N(CC(=O)OC(C)C)C2=O)cc1I. The van der Waals surface area contributed by atoms with Crippen LogP contribution in [0, 0.1) is 19.5 Å². The number of amides is 2. The number of carbonyl (C=O) groups excluding carboxylic acids is 3. The number of nitrogens with zero attached hydrogens (tertiary/aromatic N) is 1. The van der Waals surface area contributed by atoms with Gasteiger partial charge in [0.2, 0.25) is 0 Å². The lowest BCUT2D eigenvalue weighted by molar-refractivity contribution is -0.149. The van der Waals surface area contributed by atoms with Crippen molar-refractivity contribution in [2.45, 2.75) is 20.0 Å². The average molecular weight is 611 g/mol. The number of hydrogen-bond acceptors (Lipinski definition) is 6.